The van der Waals surface area contributed by atoms with Crippen LogP contribution in [0.4, 0.5) is 0 Å². The van der Waals surface area contributed by atoms with Gasteiger partial charge in [0.2, 0.25) is 11.8 Å². The topological polar surface area (TPSA) is 58.6 Å². The van der Waals surface area contributed by atoms with Gasteiger partial charge in [-0.1, -0.05) is 36.4 Å². The molecule has 2 unspecified atom stereocenters. The Morgan fingerprint density at radius 1 is 1.14 bits per heavy atom. The van der Waals surface area contributed by atoms with Gasteiger partial charge in [0.15, 0.2) is 0 Å². The number of amides is 2. The highest BCUT2D eigenvalue weighted by Crippen LogP contribution is 2.42. The Bertz CT molecular complexity index is 931. The van der Waals surface area contributed by atoms with Crippen LogP contribution >= 0.6 is 0 Å². The maximum atomic E-state index is 13.0. The minimum atomic E-state index is -0.288. The molecule has 5 heteroatoms. The summed E-state index contributed by atoms with van der Waals surface area (Å²) < 4.78 is 5.24. The van der Waals surface area contributed by atoms with Crippen LogP contribution in [0.1, 0.15) is 55.0 Å². The van der Waals surface area contributed by atoms with Crippen molar-refractivity contribution in [2.45, 2.75) is 38.3 Å². The zero-order valence-electron chi connectivity index (χ0n) is 16.8. The van der Waals surface area contributed by atoms with Crippen molar-refractivity contribution in [1.29, 1.82) is 0 Å². The summed E-state index contributed by atoms with van der Waals surface area (Å²) in [6.45, 7) is 1.54. The fourth-order valence-electron chi connectivity index (χ4n) is 4.04. The van der Waals surface area contributed by atoms with E-state index in [1.807, 2.05) is 54.6 Å². The number of benzene rings is 2. The molecule has 1 N–H and O–H groups in total. The highest BCUT2D eigenvalue weighted by atomic mass is 16.5. The van der Waals surface area contributed by atoms with Crippen LogP contribution in [0, 0.1) is 5.92 Å². The van der Waals surface area contributed by atoms with Gasteiger partial charge in [-0.05, 0) is 53.7 Å². The molecule has 0 bridgehead atoms. The first-order chi connectivity index (χ1) is 14.1. The van der Waals surface area contributed by atoms with Crippen molar-refractivity contribution < 1.29 is 14.3 Å². The molecule has 4 rings (SSSR count). The highest BCUT2D eigenvalue weighted by molar-refractivity contribution is 5.82. The smallest absolute Gasteiger partial charge is 0.223 e. The Morgan fingerprint density at radius 2 is 1.86 bits per heavy atom. The molecule has 1 aliphatic heterocycles. The van der Waals surface area contributed by atoms with Gasteiger partial charge < -0.3 is 15.0 Å². The number of nitrogens with one attached hydrogen (secondary N) is 1. The number of methoxy groups -OCH3 is 1. The predicted octanol–water partition coefficient (Wildman–Crippen LogP) is 4.23. The van der Waals surface area contributed by atoms with Crippen LogP contribution < -0.4 is 10.1 Å². The summed E-state index contributed by atoms with van der Waals surface area (Å²) in [4.78, 5) is 26.8. The van der Waals surface area contributed by atoms with Gasteiger partial charge in [-0.2, -0.15) is 0 Å². The number of carbonyl (C=O) groups excluding carboxylic acids is 2. The van der Waals surface area contributed by atoms with E-state index in [-0.39, 0.29) is 30.3 Å². The molecule has 0 saturated heterocycles. The van der Waals surface area contributed by atoms with E-state index < -0.39 is 0 Å². The Kier molecular flexibility index (Phi) is 5.38. The third-order valence-corrected chi connectivity index (χ3v) is 5.73. The zero-order valence-corrected chi connectivity index (χ0v) is 16.8. The third kappa shape index (κ3) is 4.19. The molecule has 2 amide bonds. The number of fused-ring (bicyclic) bond motifs is 1. The summed E-state index contributed by atoms with van der Waals surface area (Å²) in [5.74, 6) is 1.16. The number of carbonyl (C=O) groups is 2. The number of rotatable bonds is 6. The van der Waals surface area contributed by atoms with E-state index in [1.165, 1.54) is 6.92 Å². The summed E-state index contributed by atoms with van der Waals surface area (Å²) in [7, 11) is 1.65. The highest BCUT2D eigenvalue weighted by Gasteiger charge is 2.35. The molecule has 2 atom stereocenters. The average molecular weight is 390 g/mol. The second-order valence-electron chi connectivity index (χ2n) is 7.75. The predicted molar refractivity (Wildman–Crippen MR) is 112 cm³/mol. The van der Waals surface area contributed by atoms with Gasteiger partial charge in [-0.25, -0.2) is 0 Å². The molecule has 150 valence electrons. The van der Waals surface area contributed by atoms with Gasteiger partial charge in [0.25, 0.3) is 0 Å². The van der Waals surface area contributed by atoms with Crippen molar-refractivity contribution in [3.8, 4) is 5.75 Å². The van der Waals surface area contributed by atoms with Crippen LogP contribution in [0.3, 0.4) is 0 Å². The first-order valence-corrected chi connectivity index (χ1v) is 10.1. The number of ether oxygens (including phenoxy) is 1. The lowest BCUT2D eigenvalue weighted by molar-refractivity contribution is -0.130. The van der Waals surface area contributed by atoms with E-state index in [9.17, 15) is 9.59 Å². The van der Waals surface area contributed by atoms with Crippen molar-refractivity contribution >= 4 is 17.9 Å². The van der Waals surface area contributed by atoms with Crippen molar-refractivity contribution in [2.24, 2.45) is 5.92 Å². The van der Waals surface area contributed by atoms with Gasteiger partial charge >= 0.3 is 0 Å². The van der Waals surface area contributed by atoms with Gasteiger partial charge in [0.1, 0.15) is 5.75 Å². The molecule has 1 saturated carbocycles. The van der Waals surface area contributed by atoms with E-state index in [0.717, 1.165) is 35.3 Å². The molecule has 0 radical (unpaired) electrons. The van der Waals surface area contributed by atoms with Crippen LogP contribution in [0.5, 0.6) is 5.75 Å². The van der Waals surface area contributed by atoms with Gasteiger partial charge in [-0.3, -0.25) is 9.59 Å². The van der Waals surface area contributed by atoms with Crippen molar-refractivity contribution in [1.82, 2.24) is 10.2 Å². The molecular weight excluding hydrogens is 364 g/mol. The fourth-order valence-corrected chi connectivity index (χ4v) is 4.04. The van der Waals surface area contributed by atoms with E-state index >= 15 is 0 Å². The molecule has 2 aromatic carbocycles. The lowest BCUT2D eigenvalue weighted by Gasteiger charge is -2.32. The van der Waals surface area contributed by atoms with E-state index in [4.69, 9.17) is 4.74 Å². The second kappa shape index (κ2) is 8.11. The molecule has 0 spiro atoms. The molecule has 1 aliphatic carbocycles. The molecule has 0 aromatic heterocycles. The molecule has 5 nitrogen and oxygen atoms in total. The first-order valence-electron chi connectivity index (χ1n) is 10.1. The minimum absolute atomic E-state index is 0.00596. The number of nitrogens with zero attached hydrogens (tertiary/aromatic N) is 1. The maximum Gasteiger partial charge on any atom is 0.223 e. The van der Waals surface area contributed by atoms with E-state index in [0.29, 0.717) is 5.92 Å². The van der Waals surface area contributed by atoms with Crippen LogP contribution in [0.25, 0.3) is 6.08 Å². The largest absolute Gasteiger partial charge is 0.497 e. The Hall–Kier alpha value is -3.08. The van der Waals surface area contributed by atoms with Crippen molar-refractivity contribution in [2.75, 3.05) is 7.11 Å². The number of hydrogen-bond acceptors (Lipinski definition) is 3. The average Bonchev–Trinajstić information content (AvgIpc) is 3.57. The van der Waals surface area contributed by atoms with Crippen LogP contribution in [-0.4, -0.2) is 23.8 Å². The monoisotopic (exact) mass is 390 g/mol. The van der Waals surface area contributed by atoms with E-state index in [1.54, 1.807) is 18.2 Å². The fraction of sp³-hybridized carbons (Fsp3) is 0.333. The molecular formula is C24H26N2O3. The molecule has 1 fully saturated rings. The summed E-state index contributed by atoms with van der Waals surface area (Å²) in [6, 6.07) is 15.5. The first kappa shape index (κ1) is 19.2. The summed E-state index contributed by atoms with van der Waals surface area (Å²) >= 11 is 0. The summed E-state index contributed by atoms with van der Waals surface area (Å²) in [5.41, 5.74) is 3.15. The third-order valence-electron chi connectivity index (χ3n) is 5.73. The summed E-state index contributed by atoms with van der Waals surface area (Å²) in [5, 5.41) is 3.23. The minimum Gasteiger partial charge on any atom is -0.497 e. The SMILES string of the molecule is COc1ccc(C(NC(=O)CC2c3ccccc3C=CN2C(C)=O)C2CC2)cc1. The quantitative estimate of drug-likeness (QED) is 0.803. The Balaban J connectivity index is 1.52. The standard InChI is InChI=1S/C24H26N2O3/c1-16(27)26-14-13-17-5-3-4-6-21(17)22(26)15-23(28)25-24(18-7-8-18)19-9-11-20(29-2)12-10-19/h3-6,9-14,18,22,24H,7-8,15H2,1-2H3,(H,25,28). The lowest BCUT2D eigenvalue weighted by Crippen LogP contribution is -2.36. The van der Waals surface area contributed by atoms with Crippen LogP contribution in [0.15, 0.2) is 54.7 Å². The van der Waals surface area contributed by atoms with Crippen molar-refractivity contribution in [3.63, 3.8) is 0 Å². The van der Waals surface area contributed by atoms with Crippen LogP contribution in [0.2, 0.25) is 0 Å². The van der Waals surface area contributed by atoms with E-state index in [2.05, 4.69) is 5.32 Å². The molecule has 1 heterocycles. The second-order valence-corrected chi connectivity index (χ2v) is 7.75. The molecule has 29 heavy (non-hydrogen) atoms. The van der Waals surface area contributed by atoms with Crippen molar-refractivity contribution in [3.05, 3.63) is 71.4 Å². The van der Waals surface area contributed by atoms with Gasteiger partial charge in [0, 0.05) is 13.1 Å². The number of hydrogen-bond donors (Lipinski definition) is 1. The maximum absolute atomic E-state index is 13.0. The lowest BCUT2D eigenvalue weighted by atomic mass is 9.93. The molecule has 2 aromatic rings. The Labute approximate surface area is 171 Å². The summed E-state index contributed by atoms with van der Waals surface area (Å²) in [6.07, 6.45) is 6.18. The Morgan fingerprint density at radius 3 is 2.52 bits per heavy atom. The van der Waals surface area contributed by atoms with Gasteiger partial charge in [0.05, 0.1) is 25.6 Å². The normalized spacial score (nSPS) is 18.7. The van der Waals surface area contributed by atoms with Crippen LogP contribution in [-0.2, 0) is 9.59 Å². The van der Waals surface area contributed by atoms with Gasteiger partial charge in [-0.15, -0.1) is 0 Å². The zero-order chi connectivity index (χ0) is 20.4. The molecule has 2 aliphatic rings.